The van der Waals surface area contributed by atoms with Crippen LogP contribution in [0.1, 0.15) is 24.0 Å². The molecule has 2 rings (SSSR count). The van der Waals surface area contributed by atoms with Crippen LogP contribution in [0, 0.1) is 10.1 Å². The number of nitrogens with zero attached hydrogens (tertiary/aromatic N) is 2. The lowest BCUT2D eigenvalue weighted by Gasteiger charge is -2.12. The van der Waals surface area contributed by atoms with Gasteiger partial charge in [0.1, 0.15) is 0 Å². The van der Waals surface area contributed by atoms with E-state index in [0.717, 1.165) is 11.1 Å². The molecule has 1 aromatic carbocycles. The lowest BCUT2D eigenvalue weighted by atomic mass is 10.00. The molecule has 0 bridgehead atoms. The summed E-state index contributed by atoms with van der Waals surface area (Å²) in [6.45, 7) is 2.20. The maximum atomic E-state index is 12.1. The largest absolute Gasteiger partial charge is 0.352 e. The highest BCUT2D eigenvalue weighted by atomic mass is 16.6. The molecule has 6 nitrogen and oxygen atoms in total. The van der Waals surface area contributed by atoms with Crippen molar-refractivity contribution in [3.63, 3.8) is 0 Å². The van der Waals surface area contributed by atoms with E-state index in [1.54, 1.807) is 31.5 Å². The number of nitro benzene ring substituents is 1. The summed E-state index contributed by atoms with van der Waals surface area (Å²) in [6, 6.07) is 9.68. The van der Waals surface area contributed by atoms with E-state index in [9.17, 15) is 14.9 Å². The number of nitrogens with one attached hydrogen (secondary N) is 1. The Hall–Kier alpha value is -2.76. The van der Waals surface area contributed by atoms with Crippen LogP contribution in [0.4, 0.5) is 5.69 Å². The van der Waals surface area contributed by atoms with Gasteiger partial charge in [-0.25, -0.2) is 0 Å². The van der Waals surface area contributed by atoms with Crippen LogP contribution in [0.15, 0.2) is 48.8 Å². The first kappa shape index (κ1) is 14.6. The van der Waals surface area contributed by atoms with Crippen molar-refractivity contribution in [1.29, 1.82) is 0 Å². The molecule has 108 valence electrons. The van der Waals surface area contributed by atoms with E-state index in [-0.39, 0.29) is 17.5 Å². The predicted molar refractivity (Wildman–Crippen MR) is 77.6 cm³/mol. The number of carbonyl (C=O) groups excluding carboxylic acids is 1. The quantitative estimate of drug-likeness (QED) is 0.675. The number of pyridine rings is 1. The summed E-state index contributed by atoms with van der Waals surface area (Å²) < 4.78 is 0. The molecule has 6 heteroatoms. The summed E-state index contributed by atoms with van der Waals surface area (Å²) in [4.78, 5) is 26.1. The minimum Gasteiger partial charge on any atom is -0.352 e. The monoisotopic (exact) mass is 285 g/mol. The molecule has 1 N–H and O–H groups in total. The number of rotatable bonds is 5. The Morgan fingerprint density at radius 1 is 1.24 bits per heavy atom. The molecule has 1 amide bonds. The van der Waals surface area contributed by atoms with Gasteiger partial charge in [0, 0.05) is 31.1 Å². The van der Waals surface area contributed by atoms with Gasteiger partial charge in [-0.05, 0) is 30.2 Å². The van der Waals surface area contributed by atoms with Gasteiger partial charge < -0.3 is 5.32 Å². The fourth-order valence-electron chi connectivity index (χ4n) is 1.88. The Labute approximate surface area is 122 Å². The Morgan fingerprint density at radius 3 is 2.43 bits per heavy atom. The Kier molecular flexibility index (Phi) is 4.61. The van der Waals surface area contributed by atoms with Crippen molar-refractivity contribution in [3.05, 3.63) is 70.0 Å². The van der Waals surface area contributed by atoms with Crippen LogP contribution >= 0.6 is 0 Å². The highest BCUT2D eigenvalue weighted by molar-refractivity contribution is 5.83. The van der Waals surface area contributed by atoms with E-state index in [0.29, 0.717) is 6.54 Å². The summed E-state index contributed by atoms with van der Waals surface area (Å²) in [5, 5.41) is 13.4. The van der Waals surface area contributed by atoms with E-state index >= 15 is 0 Å². The minimum atomic E-state index is -0.460. The first-order valence-electron chi connectivity index (χ1n) is 6.49. The fraction of sp³-hybridized carbons (Fsp3) is 0.200. The third kappa shape index (κ3) is 3.85. The Bertz CT molecular complexity index is 626. The van der Waals surface area contributed by atoms with Gasteiger partial charge >= 0.3 is 0 Å². The van der Waals surface area contributed by atoms with E-state index < -0.39 is 4.92 Å². The standard InChI is InChI=1S/C15H15N3O3/c1-11(13-2-4-14(5-3-13)18(20)21)15(19)17-10-12-6-8-16-9-7-12/h2-9,11H,10H2,1H3,(H,17,19)/t11-/m1/s1. The SMILES string of the molecule is C[C@@H](C(=O)NCc1ccncc1)c1ccc([N+](=O)[O-])cc1. The van der Waals surface area contributed by atoms with Crippen LogP contribution in [0.3, 0.4) is 0 Å². The molecule has 0 aliphatic rings. The van der Waals surface area contributed by atoms with Crippen molar-refractivity contribution in [2.75, 3.05) is 0 Å². The molecule has 0 radical (unpaired) electrons. The minimum absolute atomic E-state index is 0.0168. The molecule has 1 heterocycles. The first-order valence-corrected chi connectivity index (χ1v) is 6.49. The second-order valence-electron chi connectivity index (χ2n) is 4.64. The zero-order valence-electron chi connectivity index (χ0n) is 11.5. The Morgan fingerprint density at radius 2 is 1.86 bits per heavy atom. The Balaban J connectivity index is 1.97. The topological polar surface area (TPSA) is 85.1 Å². The number of hydrogen-bond donors (Lipinski definition) is 1. The number of non-ortho nitro benzene ring substituents is 1. The summed E-state index contributed by atoms with van der Waals surface area (Å²) in [6.07, 6.45) is 3.34. The van der Waals surface area contributed by atoms with Gasteiger partial charge in [-0.1, -0.05) is 12.1 Å². The molecular formula is C15H15N3O3. The molecule has 21 heavy (non-hydrogen) atoms. The number of amides is 1. The summed E-state index contributed by atoms with van der Waals surface area (Å²) >= 11 is 0. The van der Waals surface area contributed by atoms with Gasteiger partial charge in [0.25, 0.3) is 5.69 Å². The van der Waals surface area contributed by atoms with Crippen molar-refractivity contribution in [2.45, 2.75) is 19.4 Å². The van der Waals surface area contributed by atoms with Crippen molar-refractivity contribution >= 4 is 11.6 Å². The second-order valence-corrected chi connectivity index (χ2v) is 4.64. The summed E-state index contributed by atoms with van der Waals surface area (Å²) in [7, 11) is 0. The average molecular weight is 285 g/mol. The lowest BCUT2D eigenvalue weighted by Crippen LogP contribution is -2.27. The van der Waals surface area contributed by atoms with Crippen molar-refractivity contribution in [2.24, 2.45) is 0 Å². The van der Waals surface area contributed by atoms with Crippen molar-refractivity contribution in [3.8, 4) is 0 Å². The normalized spacial score (nSPS) is 11.7. The lowest BCUT2D eigenvalue weighted by molar-refractivity contribution is -0.384. The number of aromatic nitrogens is 1. The molecule has 1 aromatic heterocycles. The van der Waals surface area contributed by atoms with Crippen LogP contribution in [0.25, 0.3) is 0 Å². The zero-order chi connectivity index (χ0) is 15.2. The first-order chi connectivity index (χ1) is 10.1. The highest BCUT2D eigenvalue weighted by Gasteiger charge is 2.16. The fourth-order valence-corrected chi connectivity index (χ4v) is 1.88. The zero-order valence-corrected chi connectivity index (χ0v) is 11.5. The summed E-state index contributed by atoms with van der Waals surface area (Å²) in [5.41, 5.74) is 1.73. The molecule has 0 unspecified atom stereocenters. The van der Waals surface area contributed by atoms with E-state index in [4.69, 9.17) is 0 Å². The van der Waals surface area contributed by atoms with Crippen LogP contribution in [0.2, 0.25) is 0 Å². The number of carbonyl (C=O) groups is 1. The average Bonchev–Trinajstić information content (AvgIpc) is 2.53. The molecular weight excluding hydrogens is 270 g/mol. The molecule has 0 aliphatic heterocycles. The smallest absolute Gasteiger partial charge is 0.269 e. The van der Waals surface area contributed by atoms with Crippen molar-refractivity contribution < 1.29 is 9.72 Å². The maximum Gasteiger partial charge on any atom is 0.269 e. The van der Waals surface area contributed by atoms with Gasteiger partial charge in [-0.15, -0.1) is 0 Å². The molecule has 0 saturated heterocycles. The van der Waals surface area contributed by atoms with Crippen LogP contribution < -0.4 is 5.32 Å². The van der Waals surface area contributed by atoms with Gasteiger partial charge in [-0.3, -0.25) is 19.9 Å². The van der Waals surface area contributed by atoms with Gasteiger partial charge in [0.15, 0.2) is 0 Å². The second kappa shape index (κ2) is 6.60. The van der Waals surface area contributed by atoms with E-state index in [1.807, 2.05) is 12.1 Å². The van der Waals surface area contributed by atoms with Crippen LogP contribution in [-0.2, 0) is 11.3 Å². The third-order valence-corrected chi connectivity index (χ3v) is 3.21. The third-order valence-electron chi connectivity index (χ3n) is 3.21. The summed E-state index contributed by atoms with van der Waals surface area (Å²) in [5.74, 6) is -0.492. The van der Waals surface area contributed by atoms with Crippen molar-refractivity contribution in [1.82, 2.24) is 10.3 Å². The van der Waals surface area contributed by atoms with E-state index in [2.05, 4.69) is 10.3 Å². The van der Waals surface area contributed by atoms with Gasteiger partial charge in [0.05, 0.1) is 10.8 Å². The predicted octanol–water partition coefficient (Wildman–Crippen LogP) is 2.41. The molecule has 0 fully saturated rings. The van der Waals surface area contributed by atoms with E-state index in [1.165, 1.54) is 12.1 Å². The van der Waals surface area contributed by atoms with Gasteiger partial charge in [0.2, 0.25) is 5.91 Å². The number of hydrogen-bond acceptors (Lipinski definition) is 4. The molecule has 0 saturated carbocycles. The highest BCUT2D eigenvalue weighted by Crippen LogP contribution is 2.19. The number of benzene rings is 1. The molecule has 2 aromatic rings. The van der Waals surface area contributed by atoms with Gasteiger partial charge in [-0.2, -0.15) is 0 Å². The molecule has 0 aliphatic carbocycles. The maximum absolute atomic E-state index is 12.1. The van der Waals surface area contributed by atoms with Crippen LogP contribution in [-0.4, -0.2) is 15.8 Å². The number of nitro groups is 1. The van der Waals surface area contributed by atoms with Crippen LogP contribution in [0.5, 0.6) is 0 Å². The molecule has 0 spiro atoms. The molecule has 1 atom stereocenters.